The molecule has 0 amide bonds. The maximum atomic E-state index is 9.33. The summed E-state index contributed by atoms with van der Waals surface area (Å²) in [4.78, 5) is 0. The Morgan fingerprint density at radius 2 is 1.94 bits per heavy atom. The van der Waals surface area contributed by atoms with E-state index in [-0.39, 0.29) is 6.10 Å². The Bertz CT molecular complexity index is 359. The number of aliphatic hydroxyl groups is 1. The summed E-state index contributed by atoms with van der Waals surface area (Å²) in [6.45, 7) is 0. The molecule has 0 radical (unpaired) electrons. The van der Waals surface area contributed by atoms with Crippen LogP contribution in [-0.2, 0) is 0 Å². The van der Waals surface area contributed by atoms with E-state index in [0.29, 0.717) is 6.04 Å². The molecule has 0 saturated heterocycles. The number of aliphatic hydroxyl groups excluding tert-OH is 1. The number of anilines is 1. The molecule has 1 aliphatic carbocycles. The Kier molecular flexibility index (Phi) is 3.47. The molecule has 86 valence electrons. The molecule has 0 heterocycles. The molecule has 0 aromatic heterocycles. The lowest BCUT2D eigenvalue weighted by atomic mass is 10.0. The fraction of sp³-hybridized carbons (Fsp3) is 0.385. The number of hydrogen-bond acceptors (Lipinski definition) is 3. The molecule has 2 rings (SSSR count). The van der Waals surface area contributed by atoms with E-state index in [1.54, 1.807) is 7.11 Å². The molecule has 0 unspecified atom stereocenters. The number of benzene rings is 1. The van der Waals surface area contributed by atoms with Crippen molar-refractivity contribution >= 4 is 5.69 Å². The molecule has 2 atom stereocenters. The topological polar surface area (TPSA) is 41.5 Å². The van der Waals surface area contributed by atoms with Gasteiger partial charge in [-0.05, 0) is 37.1 Å². The van der Waals surface area contributed by atoms with Gasteiger partial charge in [0.2, 0.25) is 0 Å². The maximum absolute atomic E-state index is 9.33. The molecule has 3 nitrogen and oxygen atoms in total. The van der Waals surface area contributed by atoms with Crippen molar-refractivity contribution in [3.8, 4) is 5.75 Å². The van der Waals surface area contributed by atoms with Crippen LogP contribution in [0.3, 0.4) is 0 Å². The van der Waals surface area contributed by atoms with Gasteiger partial charge in [0, 0.05) is 11.7 Å². The van der Waals surface area contributed by atoms with Gasteiger partial charge in [-0.25, -0.2) is 0 Å². The van der Waals surface area contributed by atoms with Gasteiger partial charge in [-0.3, -0.25) is 0 Å². The van der Waals surface area contributed by atoms with E-state index >= 15 is 0 Å². The smallest absolute Gasteiger partial charge is 0.119 e. The van der Waals surface area contributed by atoms with Gasteiger partial charge < -0.3 is 15.2 Å². The average molecular weight is 219 g/mol. The summed E-state index contributed by atoms with van der Waals surface area (Å²) >= 11 is 0. The van der Waals surface area contributed by atoms with Crippen molar-refractivity contribution in [2.75, 3.05) is 12.4 Å². The summed E-state index contributed by atoms with van der Waals surface area (Å²) < 4.78 is 5.10. The van der Waals surface area contributed by atoms with Crippen LogP contribution in [0.15, 0.2) is 36.4 Å². The predicted octanol–water partition coefficient (Wildman–Crippen LogP) is 2.19. The highest BCUT2D eigenvalue weighted by atomic mass is 16.5. The minimum Gasteiger partial charge on any atom is -0.497 e. The van der Waals surface area contributed by atoms with Crippen molar-refractivity contribution in [2.24, 2.45) is 0 Å². The van der Waals surface area contributed by atoms with Crippen LogP contribution in [0.1, 0.15) is 12.8 Å². The molecule has 2 N–H and O–H groups in total. The molecular formula is C13H17NO2. The third-order valence-corrected chi connectivity index (χ3v) is 2.78. The molecule has 1 aromatic rings. The molecule has 0 aliphatic heterocycles. The van der Waals surface area contributed by atoms with Crippen molar-refractivity contribution in [1.82, 2.24) is 0 Å². The Morgan fingerprint density at radius 1 is 1.19 bits per heavy atom. The molecule has 0 bridgehead atoms. The van der Waals surface area contributed by atoms with Crippen molar-refractivity contribution in [3.05, 3.63) is 36.4 Å². The second kappa shape index (κ2) is 5.03. The highest BCUT2D eigenvalue weighted by molar-refractivity contribution is 5.48. The van der Waals surface area contributed by atoms with Gasteiger partial charge in [-0.2, -0.15) is 0 Å². The van der Waals surface area contributed by atoms with Gasteiger partial charge in [-0.15, -0.1) is 0 Å². The molecule has 16 heavy (non-hydrogen) atoms. The summed E-state index contributed by atoms with van der Waals surface area (Å²) in [6.07, 6.45) is 5.39. The Labute approximate surface area is 95.7 Å². The largest absolute Gasteiger partial charge is 0.497 e. The summed E-state index contributed by atoms with van der Waals surface area (Å²) in [5.74, 6) is 0.861. The van der Waals surface area contributed by atoms with Gasteiger partial charge in [0.1, 0.15) is 5.75 Å². The SMILES string of the molecule is COc1ccc(N[C@@H]2C=C[C@H](O)CC2)cc1. The van der Waals surface area contributed by atoms with Crippen molar-refractivity contribution in [1.29, 1.82) is 0 Å². The number of ether oxygens (including phenoxy) is 1. The van der Waals surface area contributed by atoms with E-state index in [2.05, 4.69) is 5.32 Å². The predicted molar refractivity (Wildman–Crippen MR) is 64.8 cm³/mol. The van der Waals surface area contributed by atoms with Crippen LogP contribution >= 0.6 is 0 Å². The second-order valence-electron chi connectivity index (χ2n) is 4.01. The van der Waals surface area contributed by atoms with Crippen molar-refractivity contribution in [3.63, 3.8) is 0 Å². The van der Waals surface area contributed by atoms with Gasteiger partial charge in [-0.1, -0.05) is 12.2 Å². The lowest BCUT2D eigenvalue weighted by molar-refractivity contribution is 0.202. The number of nitrogens with one attached hydrogen (secondary N) is 1. The lowest BCUT2D eigenvalue weighted by Crippen LogP contribution is -2.23. The Morgan fingerprint density at radius 3 is 2.50 bits per heavy atom. The standard InChI is InChI=1S/C13H17NO2/c1-16-13-8-4-11(5-9-13)14-10-2-6-12(15)7-3-10/h2,4-6,8-10,12,14-15H,3,7H2,1H3/t10-,12+/m1/s1. The summed E-state index contributed by atoms with van der Waals surface area (Å²) in [5.41, 5.74) is 1.08. The minimum absolute atomic E-state index is 0.270. The van der Waals surface area contributed by atoms with Crippen LogP contribution in [0.25, 0.3) is 0 Å². The maximum Gasteiger partial charge on any atom is 0.119 e. The lowest BCUT2D eigenvalue weighted by Gasteiger charge is -2.21. The highest BCUT2D eigenvalue weighted by Gasteiger charge is 2.12. The summed E-state index contributed by atoms with van der Waals surface area (Å²) in [7, 11) is 1.66. The first-order valence-electron chi connectivity index (χ1n) is 5.55. The van der Waals surface area contributed by atoms with Crippen molar-refractivity contribution < 1.29 is 9.84 Å². The van der Waals surface area contributed by atoms with Gasteiger partial charge in [0.05, 0.1) is 13.2 Å². The number of hydrogen-bond donors (Lipinski definition) is 2. The van der Waals surface area contributed by atoms with Crippen LogP contribution in [0, 0.1) is 0 Å². The van der Waals surface area contributed by atoms with Crippen LogP contribution < -0.4 is 10.1 Å². The average Bonchev–Trinajstić information content (AvgIpc) is 2.33. The van der Waals surface area contributed by atoms with Gasteiger partial charge >= 0.3 is 0 Å². The van der Waals surface area contributed by atoms with E-state index in [1.165, 1.54) is 0 Å². The first kappa shape index (κ1) is 11.0. The molecular weight excluding hydrogens is 202 g/mol. The highest BCUT2D eigenvalue weighted by Crippen LogP contribution is 2.19. The van der Waals surface area contributed by atoms with Crippen LogP contribution in [-0.4, -0.2) is 24.4 Å². The van der Waals surface area contributed by atoms with Gasteiger partial charge in [0.15, 0.2) is 0 Å². The molecule has 0 spiro atoms. The first-order valence-corrected chi connectivity index (χ1v) is 5.55. The van der Waals surface area contributed by atoms with Gasteiger partial charge in [0.25, 0.3) is 0 Å². The molecule has 3 heteroatoms. The summed E-state index contributed by atoms with van der Waals surface area (Å²) in [5, 5.41) is 12.7. The second-order valence-corrected chi connectivity index (χ2v) is 4.01. The third kappa shape index (κ3) is 2.76. The molecule has 1 aromatic carbocycles. The zero-order valence-corrected chi connectivity index (χ0v) is 9.39. The fourth-order valence-corrected chi connectivity index (χ4v) is 1.83. The van der Waals surface area contributed by atoms with Crippen LogP contribution in [0.2, 0.25) is 0 Å². The monoisotopic (exact) mass is 219 g/mol. The fourth-order valence-electron chi connectivity index (χ4n) is 1.83. The van der Waals surface area contributed by atoms with Crippen LogP contribution in [0.4, 0.5) is 5.69 Å². The molecule has 0 fully saturated rings. The van der Waals surface area contributed by atoms with Crippen LogP contribution in [0.5, 0.6) is 5.75 Å². The van der Waals surface area contributed by atoms with E-state index in [4.69, 9.17) is 4.74 Å². The van der Waals surface area contributed by atoms with E-state index in [1.807, 2.05) is 36.4 Å². The Balaban J connectivity index is 1.96. The Hall–Kier alpha value is -1.48. The zero-order valence-electron chi connectivity index (χ0n) is 9.39. The van der Waals surface area contributed by atoms with Crippen molar-refractivity contribution in [2.45, 2.75) is 25.0 Å². The van der Waals surface area contributed by atoms with E-state index in [9.17, 15) is 5.11 Å². The molecule has 0 saturated carbocycles. The normalized spacial score (nSPS) is 24.1. The third-order valence-electron chi connectivity index (χ3n) is 2.78. The van der Waals surface area contributed by atoms with E-state index < -0.39 is 0 Å². The number of methoxy groups -OCH3 is 1. The number of rotatable bonds is 3. The van der Waals surface area contributed by atoms with E-state index in [0.717, 1.165) is 24.3 Å². The summed E-state index contributed by atoms with van der Waals surface area (Å²) in [6, 6.07) is 8.18. The quantitative estimate of drug-likeness (QED) is 0.766. The molecule has 1 aliphatic rings. The zero-order chi connectivity index (χ0) is 11.4. The minimum atomic E-state index is -0.270. The first-order chi connectivity index (χ1) is 7.78.